The molecule has 0 saturated carbocycles. The van der Waals surface area contributed by atoms with E-state index in [1.165, 1.54) is 22.0 Å². The van der Waals surface area contributed by atoms with Crippen LogP contribution in [-0.2, 0) is 17.6 Å². The average Bonchev–Trinajstić information content (AvgIpc) is 3.28. The number of H-pyrrole nitrogens is 1. The topological polar surface area (TPSA) is 52.6 Å². The number of guanidine groups is 1. The number of rotatable bonds is 6. The number of aryl methyl sites for hydroxylation is 1. The average molecular weight is 470 g/mol. The summed E-state index contributed by atoms with van der Waals surface area (Å²) in [6.07, 6.45) is 5.33. The molecule has 1 fully saturated rings. The fourth-order valence-electron chi connectivity index (χ4n) is 3.67. The normalized spacial score (nSPS) is 17.3. The Balaban J connectivity index is 0.00000243. The van der Waals surface area contributed by atoms with E-state index in [1.54, 1.807) is 0 Å². The molecule has 26 heavy (non-hydrogen) atoms. The van der Waals surface area contributed by atoms with Crippen molar-refractivity contribution in [2.45, 2.75) is 26.2 Å². The number of benzene rings is 1. The molecule has 1 atom stereocenters. The maximum atomic E-state index is 5.47. The van der Waals surface area contributed by atoms with E-state index in [2.05, 4.69) is 58.6 Å². The summed E-state index contributed by atoms with van der Waals surface area (Å²) in [4.78, 5) is 10.1. The molecule has 0 radical (unpaired) electrons. The molecule has 5 nitrogen and oxygen atoms in total. The molecule has 1 aromatic heterocycles. The minimum Gasteiger partial charge on any atom is -0.381 e. The minimum absolute atomic E-state index is 0. The van der Waals surface area contributed by atoms with Gasteiger partial charge in [-0.3, -0.25) is 4.99 Å². The Morgan fingerprint density at radius 1 is 1.38 bits per heavy atom. The van der Waals surface area contributed by atoms with Crippen LogP contribution >= 0.6 is 24.0 Å². The van der Waals surface area contributed by atoms with Crippen LogP contribution in [0.3, 0.4) is 0 Å². The van der Waals surface area contributed by atoms with E-state index in [-0.39, 0.29) is 24.0 Å². The molecule has 144 valence electrons. The molecule has 2 N–H and O–H groups in total. The molecule has 1 aliphatic heterocycles. The molecule has 1 aromatic carbocycles. The van der Waals surface area contributed by atoms with Gasteiger partial charge in [-0.2, -0.15) is 0 Å². The van der Waals surface area contributed by atoms with Crippen LogP contribution in [0.5, 0.6) is 0 Å². The van der Waals surface area contributed by atoms with Crippen molar-refractivity contribution in [3.05, 3.63) is 35.5 Å². The van der Waals surface area contributed by atoms with Gasteiger partial charge in [0.25, 0.3) is 0 Å². The zero-order valence-corrected chi connectivity index (χ0v) is 18.4. The van der Waals surface area contributed by atoms with Gasteiger partial charge in [0.1, 0.15) is 0 Å². The van der Waals surface area contributed by atoms with Gasteiger partial charge >= 0.3 is 0 Å². The van der Waals surface area contributed by atoms with Crippen molar-refractivity contribution >= 4 is 40.8 Å². The van der Waals surface area contributed by atoms with E-state index in [0.29, 0.717) is 5.92 Å². The molecule has 3 rings (SSSR count). The number of nitrogens with one attached hydrogen (secondary N) is 2. The molecule has 1 unspecified atom stereocenters. The lowest BCUT2D eigenvalue weighted by atomic mass is 10.1. The molecule has 2 aromatic rings. The Morgan fingerprint density at radius 2 is 2.23 bits per heavy atom. The summed E-state index contributed by atoms with van der Waals surface area (Å²) >= 11 is 0. The molecule has 1 saturated heterocycles. The lowest BCUT2D eigenvalue weighted by Crippen LogP contribution is -2.42. The Kier molecular flexibility index (Phi) is 8.21. The number of fused-ring (bicyclic) bond motifs is 1. The highest BCUT2D eigenvalue weighted by Gasteiger charge is 2.19. The van der Waals surface area contributed by atoms with Crippen LogP contribution in [-0.4, -0.2) is 56.2 Å². The minimum atomic E-state index is 0. The van der Waals surface area contributed by atoms with Gasteiger partial charge in [-0.1, -0.05) is 25.1 Å². The van der Waals surface area contributed by atoms with E-state index in [0.717, 1.165) is 51.5 Å². The quantitative estimate of drug-likeness (QED) is 0.387. The highest BCUT2D eigenvalue weighted by Crippen LogP contribution is 2.22. The van der Waals surface area contributed by atoms with Crippen LogP contribution < -0.4 is 5.32 Å². The maximum absolute atomic E-state index is 5.47. The monoisotopic (exact) mass is 470 g/mol. The second kappa shape index (κ2) is 10.2. The van der Waals surface area contributed by atoms with Gasteiger partial charge in [-0.05, 0) is 30.4 Å². The molecule has 0 spiro atoms. The van der Waals surface area contributed by atoms with Crippen LogP contribution in [0.1, 0.15) is 24.5 Å². The third-order valence-electron chi connectivity index (χ3n) is 5.08. The third kappa shape index (κ3) is 4.91. The Bertz CT molecular complexity index is 722. The second-order valence-electron chi connectivity index (χ2n) is 6.84. The van der Waals surface area contributed by atoms with Crippen molar-refractivity contribution < 1.29 is 4.74 Å². The fraction of sp³-hybridized carbons (Fsp3) is 0.550. The Morgan fingerprint density at radius 3 is 2.92 bits per heavy atom. The predicted molar refractivity (Wildman–Crippen MR) is 120 cm³/mol. The van der Waals surface area contributed by atoms with Crippen molar-refractivity contribution in [2.75, 3.05) is 40.4 Å². The van der Waals surface area contributed by atoms with Crippen LogP contribution in [0.15, 0.2) is 29.4 Å². The molecule has 0 amide bonds. The first-order valence-corrected chi connectivity index (χ1v) is 9.30. The number of ether oxygens (including phenoxy) is 1. The van der Waals surface area contributed by atoms with E-state index < -0.39 is 0 Å². The number of nitrogens with zero attached hydrogens (tertiary/aromatic N) is 2. The smallest absolute Gasteiger partial charge is 0.193 e. The summed E-state index contributed by atoms with van der Waals surface area (Å²) in [6, 6.07) is 6.56. The van der Waals surface area contributed by atoms with Crippen molar-refractivity contribution in [1.29, 1.82) is 0 Å². The number of aromatic amines is 1. The third-order valence-corrected chi connectivity index (χ3v) is 5.08. The van der Waals surface area contributed by atoms with Gasteiger partial charge in [-0.25, -0.2) is 0 Å². The van der Waals surface area contributed by atoms with E-state index in [4.69, 9.17) is 4.74 Å². The lowest BCUT2D eigenvalue weighted by molar-refractivity contribution is 0.181. The number of aromatic nitrogens is 1. The summed E-state index contributed by atoms with van der Waals surface area (Å²) in [6.45, 7) is 5.83. The van der Waals surface area contributed by atoms with Gasteiger partial charge in [0.2, 0.25) is 0 Å². The SMILES string of the molecule is CCc1cccc2c(CCNC(=NC)N(C)CC3CCOC3)c[nH]c12.I. The maximum Gasteiger partial charge on any atom is 0.193 e. The molecule has 0 aliphatic carbocycles. The van der Waals surface area contributed by atoms with E-state index >= 15 is 0 Å². The standard InChI is InChI=1S/C20H30N4O.HI/c1-4-16-6-5-7-18-17(12-23-19(16)18)8-10-22-20(21-2)24(3)13-15-9-11-25-14-15;/h5-7,12,15,23H,4,8-11,13-14H2,1-3H3,(H,21,22);1H. The number of hydrogen-bond donors (Lipinski definition) is 2. The second-order valence-corrected chi connectivity index (χ2v) is 6.84. The van der Waals surface area contributed by atoms with Crippen molar-refractivity contribution in [3.63, 3.8) is 0 Å². The first-order valence-electron chi connectivity index (χ1n) is 9.30. The van der Waals surface area contributed by atoms with Crippen LogP contribution in [0, 0.1) is 5.92 Å². The van der Waals surface area contributed by atoms with E-state index in [9.17, 15) is 0 Å². The van der Waals surface area contributed by atoms with Crippen LogP contribution in [0.25, 0.3) is 10.9 Å². The van der Waals surface area contributed by atoms with Crippen molar-refractivity contribution in [3.8, 4) is 0 Å². The predicted octanol–water partition coefficient (Wildman–Crippen LogP) is 3.43. The zero-order chi connectivity index (χ0) is 17.6. The first-order chi connectivity index (χ1) is 12.2. The van der Waals surface area contributed by atoms with Gasteiger partial charge in [-0.15, -0.1) is 24.0 Å². The first kappa shape index (κ1) is 21.0. The lowest BCUT2D eigenvalue weighted by Gasteiger charge is -2.24. The molecule has 2 heterocycles. The van der Waals surface area contributed by atoms with Gasteiger partial charge in [0.05, 0.1) is 6.61 Å². The highest BCUT2D eigenvalue weighted by molar-refractivity contribution is 14.0. The van der Waals surface area contributed by atoms with Gasteiger partial charge in [0, 0.05) is 56.8 Å². The highest BCUT2D eigenvalue weighted by atomic mass is 127. The summed E-state index contributed by atoms with van der Waals surface area (Å²) in [5, 5.41) is 4.84. The zero-order valence-electron chi connectivity index (χ0n) is 16.0. The van der Waals surface area contributed by atoms with Gasteiger partial charge in [0.15, 0.2) is 5.96 Å². The van der Waals surface area contributed by atoms with Gasteiger partial charge < -0.3 is 19.9 Å². The molecule has 6 heteroatoms. The summed E-state index contributed by atoms with van der Waals surface area (Å²) in [7, 11) is 3.95. The molecular weight excluding hydrogens is 439 g/mol. The summed E-state index contributed by atoms with van der Waals surface area (Å²) in [5.41, 5.74) is 4.02. The van der Waals surface area contributed by atoms with Crippen LogP contribution in [0.4, 0.5) is 0 Å². The number of aliphatic imine (C=N–C) groups is 1. The number of para-hydroxylation sites is 1. The van der Waals surface area contributed by atoms with Crippen molar-refractivity contribution in [2.24, 2.45) is 10.9 Å². The van der Waals surface area contributed by atoms with Crippen LogP contribution in [0.2, 0.25) is 0 Å². The Labute approximate surface area is 173 Å². The molecule has 0 bridgehead atoms. The summed E-state index contributed by atoms with van der Waals surface area (Å²) < 4.78 is 5.47. The summed E-state index contributed by atoms with van der Waals surface area (Å²) in [5.74, 6) is 1.57. The van der Waals surface area contributed by atoms with E-state index in [1.807, 2.05) is 7.05 Å². The van der Waals surface area contributed by atoms with Crippen molar-refractivity contribution in [1.82, 2.24) is 15.2 Å². The molecule has 1 aliphatic rings. The number of hydrogen-bond acceptors (Lipinski definition) is 2. The fourth-order valence-corrected chi connectivity index (χ4v) is 3.67. The largest absolute Gasteiger partial charge is 0.381 e. The number of halogens is 1. The Hall–Kier alpha value is -1.28. The molecular formula is C20H31IN4O.